The van der Waals surface area contributed by atoms with Gasteiger partial charge in [-0.2, -0.15) is 5.10 Å². The van der Waals surface area contributed by atoms with Crippen LogP contribution in [0.4, 0.5) is 0 Å². The quantitative estimate of drug-likeness (QED) is 0.623. The molecule has 0 N–H and O–H groups in total. The molecular weight excluding hydrogens is 178 g/mol. The molecular formula is C9H15N5. The van der Waals surface area contributed by atoms with Gasteiger partial charge in [-0.15, -0.1) is 10.2 Å². The van der Waals surface area contributed by atoms with E-state index in [0.717, 1.165) is 11.5 Å². The summed E-state index contributed by atoms with van der Waals surface area (Å²) in [4.78, 5) is 0. The summed E-state index contributed by atoms with van der Waals surface area (Å²) in [6.07, 6.45) is 3.60. The lowest BCUT2D eigenvalue weighted by Gasteiger charge is -1.84. The minimum Gasteiger partial charge on any atom is -0.321 e. The van der Waals surface area contributed by atoms with Gasteiger partial charge in [0.15, 0.2) is 0 Å². The maximum absolute atomic E-state index is 4.03. The predicted molar refractivity (Wildman–Crippen MR) is 53.7 cm³/mol. The second-order valence-electron chi connectivity index (χ2n) is 3.12. The highest BCUT2D eigenvalue weighted by atomic mass is 15.2. The summed E-state index contributed by atoms with van der Waals surface area (Å²) in [5.74, 6) is 0.944. The average Bonchev–Trinajstić information content (AvgIpc) is 2.65. The van der Waals surface area contributed by atoms with Crippen molar-refractivity contribution < 1.29 is 0 Å². The van der Waals surface area contributed by atoms with Gasteiger partial charge in [0.25, 0.3) is 0 Å². The molecule has 0 fully saturated rings. The molecule has 76 valence electrons. The number of nitrogens with zero attached hydrogens (tertiary/aromatic N) is 5. The largest absolute Gasteiger partial charge is 0.321 e. The van der Waals surface area contributed by atoms with E-state index in [9.17, 15) is 0 Å². The molecule has 2 rings (SSSR count). The van der Waals surface area contributed by atoms with Gasteiger partial charge in [0, 0.05) is 20.3 Å². The van der Waals surface area contributed by atoms with Gasteiger partial charge in [-0.3, -0.25) is 4.68 Å². The van der Waals surface area contributed by atoms with Gasteiger partial charge in [0.05, 0.1) is 5.69 Å². The molecule has 0 radical (unpaired) electrons. The van der Waals surface area contributed by atoms with Crippen molar-refractivity contribution in [2.45, 2.75) is 13.8 Å². The van der Waals surface area contributed by atoms with Crippen molar-refractivity contribution >= 4 is 0 Å². The van der Waals surface area contributed by atoms with Gasteiger partial charge in [0.1, 0.15) is 12.2 Å². The van der Waals surface area contributed by atoms with Crippen molar-refractivity contribution in [3.63, 3.8) is 0 Å². The molecule has 0 atom stereocenters. The number of aromatic nitrogens is 5. The van der Waals surface area contributed by atoms with Crippen LogP contribution in [0.3, 0.4) is 0 Å². The highest BCUT2D eigenvalue weighted by Crippen LogP contribution is 1.86. The maximum atomic E-state index is 4.03. The molecule has 0 saturated carbocycles. The topological polar surface area (TPSA) is 48.5 Å². The predicted octanol–water partition coefficient (Wildman–Crippen LogP) is 0.852. The van der Waals surface area contributed by atoms with E-state index in [-0.39, 0.29) is 0 Å². The van der Waals surface area contributed by atoms with Crippen LogP contribution < -0.4 is 0 Å². The van der Waals surface area contributed by atoms with Crippen LogP contribution in [-0.2, 0) is 14.1 Å². The highest BCUT2D eigenvalue weighted by molar-refractivity contribution is 4.93. The summed E-state index contributed by atoms with van der Waals surface area (Å²) in [5, 5.41) is 11.4. The number of rotatable bonds is 0. The molecule has 0 bridgehead atoms. The third-order valence-electron chi connectivity index (χ3n) is 1.78. The van der Waals surface area contributed by atoms with Gasteiger partial charge in [-0.1, -0.05) is 0 Å². The van der Waals surface area contributed by atoms with Crippen molar-refractivity contribution in [2.75, 3.05) is 0 Å². The van der Waals surface area contributed by atoms with Crippen LogP contribution in [0.1, 0.15) is 11.5 Å². The molecule has 14 heavy (non-hydrogen) atoms. The summed E-state index contributed by atoms with van der Waals surface area (Å²) < 4.78 is 3.65. The van der Waals surface area contributed by atoms with Crippen LogP contribution >= 0.6 is 0 Å². The SMILES string of the molecule is Cc1ccn(C)n1.Cc1nncn1C. The Balaban J connectivity index is 0.000000140. The second kappa shape index (κ2) is 4.55. The first-order valence-corrected chi connectivity index (χ1v) is 4.36. The summed E-state index contributed by atoms with van der Waals surface area (Å²) >= 11 is 0. The minimum atomic E-state index is 0.944. The molecule has 0 aliphatic rings. The van der Waals surface area contributed by atoms with E-state index < -0.39 is 0 Å². The zero-order valence-corrected chi connectivity index (χ0v) is 8.97. The van der Waals surface area contributed by atoms with Crippen molar-refractivity contribution in [1.29, 1.82) is 0 Å². The van der Waals surface area contributed by atoms with Crippen molar-refractivity contribution in [3.8, 4) is 0 Å². The Kier molecular flexibility index (Phi) is 3.39. The van der Waals surface area contributed by atoms with Crippen LogP contribution in [0, 0.1) is 13.8 Å². The molecule has 2 aromatic rings. The van der Waals surface area contributed by atoms with E-state index in [1.165, 1.54) is 0 Å². The van der Waals surface area contributed by atoms with E-state index >= 15 is 0 Å². The molecule has 0 aromatic carbocycles. The Hall–Kier alpha value is -1.65. The molecule has 2 heterocycles. The Labute approximate surface area is 83.4 Å². The first-order valence-electron chi connectivity index (χ1n) is 4.36. The smallest absolute Gasteiger partial charge is 0.129 e. The fourth-order valence-corrected chi connectivity index (χ4v) is 0.872. The molecule has 0 spiro atoms. The summed E-state index contributed by atoms with van der Waals surface area (Å²) in [6.45, 7) is 3.88. The van der Waals surface area contributed by atoms with Crippen LogP contribution in [0.25, 0.3) is 0 Å². The van der Waals surface area contributed by atoms with Gasteiger partial charge < -0.3 is 4.57 Å². The molecule has 5 heteroatoms. The summed E-state index contributed by atoms with van der Waals surface area (Å²) in [6, 6.07) is 1.97. The zero-order chi connectivity index (χ0) is 10.6. The fourth-order valence-electron chi connectivity index (χ4n) is 0.872. The molecule has 0 unspecified atom stereocenters. The number of hydrogen-bond donors (Lipinski definition) is 0. The lowest BCUT2D eigenvalue weighted by atomic mass is 10.5. The van der Waals surface area contributed by atoms with E-state index in [4.69, 9.17) is 0 Å². The molecule has 0 saturated heterocycles. The Bertz CT molecular complexity index is 354. The molecule has 2 aromatic heterocycles. The molecule has 0 aliphatic heterocycles. The third kappa shape index (κ3) is 3.01. The molecule has 0 aliphatic carbocycles. The monoisotopic (exact) mass is 193 g/mol. The maximum Gasteiger partial charge on any atom is 0.129 e. The molecule has 5 nitrogen and oxygen atoms in total. The standard InChI is InChI=1S/C5H8N2.C4H7N3/c1-5-3-4-7(2)6-5;1-4-6-5-3-7(4)2/h3-4H,1-2H3;3H,1-2H3. The first kappa shape index (κ1) is 10.4. The second-order valence-corrected chi connectivity index (χ2v) is 3.12. The summed E-state index contributed by atoms with van der Waals surface area (Å²) in [7, 11) is 3.82. The van der Waals surface area contributed by atoms with Crippen molar-refractivity contribution in [1.82, 2.24) is 24.5 Å². The van der Waals surface area contributed by atoms with Crippen molar-refractivity contribution in [3.05, 3.63) is 30.1 Å². The number of hydrogen-bond acceptors (Lipinski definition) is 3. The Morgan fingerprint density at radius 1 is 1.21 bits per heavy atom. The summed E-state index contributed by atoms with van der Waals surface area (Å²) in [5.41, 5.74) is 1.07. The first-order chi connectivity index (χ1) is 6.59. The zero-order valence-electron chi connectivity index (χ0n) is 8.97. The Morgan fingerprint density at radius 3 is 2.07 bits per heavy atom. The van der Waals surface area contributed by atoms with E-state index in [1.807, 2.05) is 44.8 Å². The van der Waals surface area contributed by atoms with Crippen LogP contribution in [-0.4, -0.2) is 24.5 Å². The highest BCUT2D eigenvalue weighted by Gasteiger charge is 1.85. The minimum absolute atomic E-state index is 0.944. The van der Waals surface area contributed by atoms with E-state index in [1.54, 1.807) is 11.0 Å². The lowest BCUT2D eigenvalue weighted by molar-refractivity contribution is 0.756. The van der Waals surface area contributed by atoms with Gasteiger partial charge in [-0.05, 0) is 19.9 Å². The van der Waals surface area contributed by atoms with Crippen LogP contribution in [0.5, 0.6) is 0 Å². The number of aryl methyl sites for hydroxylation is 4. The fraction of sp³-hybridized carbons (Fsp3) is 0.444. The van der Waals surface area contributed by atoms with Gasteiger partial charge >= 0.3 is 0 Å². The van der Waals surface area contributed by atoms with Gasteiger partial charge in [-0.25, -0.2) is 0 Å². The Morgan fingerprint density at radius 2 is 1.93 bits per heavy atom. The average molecular weight is 193 g/mol. The van der Waals surface area contributed by atoms with Crippen LogP contribution in [0.15, 0.2) is 18.6 Å². The van der Waals surface area contributed by atoms with Crippen LogP contribution in [0.2, 0.25) is 0 Å². The van der Waals surface area contributed by atoms with E-state index in [2.05, 4.69) is 15.3 Å². The van der Waals surface area contributed by atoms with Gasteiger partial charge in [0.2, 0.25) is 0 Å². The molecule has 0 amide bonds. The van der Waals surface area contributed by atoms with Crippen molar-refractivity contribution in [2.24, 2.45) is 14.1 Å². The lowest BCUT2D eigenvalue weighted by Crippen LogP contribution is -1.86. The third-order valence-corrected chi connectivity index (χ3v) is 1.78. The normalized spacial score (nSPS) is 9.43. The van der Waals surface area contributed by atoms with E-state index in [0.29, 0.717) is 0 Å².